The molecule has 2 fully saturated rings. The Bertz CT molecular complexity index is 490. The third kappa shape index (κ3) is 4.39. The van der Waals surface area contributed by atoms with Crippen LogP contribution in [0.2, 0.25) is 0 Å². The van der Waals surface area contributed by atoms with Gasteiger partial charge in [-0.3, -0.25) is 4.90 Å². The van der Waals surface area contributed by atoms with Crippen molar-refractivity contribution >= 4 is 18.1 Å². The summed E-state index contributed by atoms with van der Waals surface area (Å²) in [6.07, 6.45) is 7.97. The van der Waals surface area contributed by atoms with Gasteiger partial charge in [-0.1, -0.05) is 32.1 Å². The fourth-order valence-electron chi connectivity index (χ4n) is 4.09. The van der Waals surface area contributed by atoms with Crippen LogP contribution < -0.4 is 5.32 Å². The fraction of sp³-hybridized carbons (Fsp3) is 0.824. The zero-order chi connectivity index (χ0) is 17.7. The van der Waals surface area contributed by atoms with Crippen LogP contribution in [0, 0.1) is 11.8 Å². The highest BCUT2D eigenvalue weighted by molar-refractivity contribution is 5.99. The fourth-order valence-corrected chi connectivity index (χ4v) is 4.09. The first-order chi connectivity index (χ1) is 11.4. The highest BCUT2D eigenvalue weighted by Crippen LogP contribution is 2.40. The molecular formula is C17H30N4O3. The van der Waals surface area contributed by atoms with Crippen molar-refractivity contribution in [1.29, 1.82) is 0 Å². The van der Waals surface area contributed by atoms with Gasteiger partial charge in [0.2, 0.25) is 5.96 Å². The van der Waals surface area contributed by atoms with Crippen molar-refractivity contribution in [3.63, 3.8) is 0 Å². The molecule has 0 heterocycles. The molecule has 7 nitrogen and oxygen atoms in total. The predicted molar refractivity (Wildman–Crippen MR) is 92.9 cm³/mol. The third-order valence-corrected chi connectivity index (χ3v) is 5.23. The number of nitrogens with one attached hydrogen (secondary N) is 1. The summed E-state index contributed by atoms with van der Waals surface area (Å²) in [6, 6.07) is -0.183. The molecule has 0 spiro atoms. The van der Waals surface area contributed by atoms with Gasteiger partial charge in [0, 0.05) is 27.2 Å². The standard InChI is InChI=1S/C17H30N4O3/c1-20(2)16(21(3)17(23)24-4)19-15(22)18-14-11-7-9-12-8-5-6-10-13(12)14/h12-14H,5-11H2,1-4H3,(H,18,22)/b19-16+. The molecule has 2 aliphatic rings. The smallest absolute Gasteiger partial charge is 0.416 e. The summed E-state index contributed by atoms with van der Waals surface area (Å²) in [5.74, 6) is 1.58. The molecule has 7 heteroatoms. The van der Waals surface area contributed by atoms with Crippen molar-refractivity contribution in [3.05, 3.63) is 0 Å². The van der Waals surface area contributed by atoms with Gasteiger partial charge in [0.05, 0.1) is 7.11 Å². The Morgan fingerprint density at radius 3 is 2.38 bits per heavy atom. The van der Waals surface area contributed by atoms with Crippen molar-refractivity contribution in [2.45, 2.75) is 51.0 Å². The van der Waals surface area contributed by atoms with Crippen molar-refractivity contribution in [1.82, 2.24) is 15.1 Å². The Morgan fingerprint density at radius 1 is 1.04 bits per heavy atom. The van der Waals surface area contributed by atoms with Crippen LogP contribution in [0.5, 0.6) is 0 Å². The summed E-state index contributed by atoms with van der Waals surface area (Å²) < 4.78 is 4.69. The van der Waals surface area contributed by atoms with Gasteiger partial charge in [-0.15, -0.1) is 0 Å². The highest BCUT2D eigenvalue weighted by Gasteiger charge is 2.35. The van der Waals surface area contributed by atoms with Crippen LogP contribution in [0.25, 0.3) is 0 Å². The number of methoxy groups -OCH3 is 1. The largest absolute Gasteiger partial charge is 0.452 e. The lowest BCUT2D eigenvalue weighted by Gasteiger charge is -2.41. The molecule has 24 heavy (non-hydrogen) atoms. The Kier molecular flexibility index (Phi) is 6.45. The predicted octanol–water partition coefficient (Wildman–Crippen LogP) is 2.67. The molecule has 2 saturated carbocycles. The van der Waals surface area contributed by atoms with Gasteiger partial charge in [0.25, 0.3) is 0 Å². The lowest BCUT2D eigenvalue weighted by Crippen LogP contribution is -2.47. The minimum atomic E-state index is -0.555. The Balaban J connectivity index is 2.04. The quantitative estimate of drug-likeness (QED) is 0.589. The number of rotatable bonds is 1. The number of fused-ring (bicyclic) bond motifs is 1. The molecular weight excluding hydrogens is 308 g/mol. The average Bonchev–Trinajstić information content (AvgIpc) is 2.58. The van der Waals surface area contributed by atoms with E-state index in [1.807, 2.05) is 0 Å². The van der Waals surface area contributed by atoms with Crippen LogP contribution in [0.4, 0.5) is 9.59 Å². The van der Waals surface area contributed by atoms with Gasteiger partial charge in [0.15, 0.2) is 0 Å². The molecule has 0 saturated heterocycles. The molecule has 0 aliphatic heterocycles. The maximum absolute atomic E-state index is 12.4. The Morgan fingerprint density at radius 2 is 1.71 bits per heavy atom. The maximum Gasteiger partial charge on any atom is 0.416 e. The zero-order valence-electron chi connectivity index (χ0n) is 15.2. The van der Waals surface area contributed by atoms with Crippen molar-refractivity contribution < 1.29 is 14.3 Å². The first-order valence-corrected chi connectivity index (χ1v) is 8.82. The number of aliphatic imine (C=N–C) groups is 1. The number of guanidine groups is 1. The second-order valence-corrected chi connectivity index (χ2v) is 7.03. The first kappa shape index (κ1) is 18.5. The number of hydrogen-bond donors (Lipinski definition) is 1. The SMILES string of the molecule is COC(=O)N(C)/C(=N/C(=O)NC1CCCC2CCCCC21)N(C)C. The number of ether oxygens (including phenoxy) is 1. The van der Waals surface area contributed by atoms with E-state index in [1.54, 1.807) is 19.0 Å². The van der Waals surface area contributed by atoms with Gasteiger partial charge in [0.1, 0.15) is 0 Å². The number of carbonyl (C=O) groups is 2. The average molecular weight is 338 g/mol. The number of nitrogens with zero attached hydrogens (tertiary/aromatic N) is 3. The van der Waals surface area contributed by atoms with E-state index in [9.17, 15) is 9.59 Å². The number of amides is 3. The molecule has 1 N–H and O–H groups in total. The van der Waals surface area contributed by atoms with E-state index in [2.05, 4.69) is 10.3 Å². The monoisotopic (exact) mass is 338 g/mol. The van der Waals surface area contributed by atoms with Gasteiger partial charge >= 0.3 is 12.1 Å². The Labute approximate surface area is 144 Å². The lowest BCUT2D eigenvalue weighted by atomic mass is 9.68. The van der Waals surface area contributed by atoms with Gasteiger partial charge in [-0.2, -0.15) is 4.99 Å². The minimum absolute atomic E-state index is 0.201. The Hall–Kier alpha value is -1.79. The molecule has 136 valence electrons. The van der Waals surface area contributed by atoms with Gasteiger partial charge < -0.3 is 15.0 Å². The van der Waals surface area contributed by atoms with E-state index in [-0.39, 0.29) is 18.0 Å². The summed E-state index contributed by atoms with van der Waals surface area (Å²) in [7, 11) is 6.32. The van der Waals surface area contributed by atoms with Crippen LogP contribution in [0.15, 0.2) is 4.99 Å². The van der Waals surface area contributed by atoms with Crippen molar-refractivity contribution in [3.8, 4) is 0 Å². The summed E-state index contributed by atoms with van der Waals surface area (Å²) in [5, 5.41) is 3.08. The topological polar surface area (TPSA) is 74.2 Å². The molecule has 0 aromatic heterocycles. The number of carbonyl (C=O) groups excluding carboxylic acids is 2. The molecule has 0 aromatic rings. The minimum Gasteiger partial charge on any atom is -0.452 e. The second-order valence-electron chi connectivity index (χ2n) is 7.03. The molecule has 0 aromatic carbocycles. The molecule has 3 unspecified atom stereocenters. The van der Waals surface area contributed by atoms with E-state index >= 15 is 0 Å². The van der Waals surface area contributed by atoms with Crippen molar-refractivity contribution in [2.24, 2.45) is 16.8 Å². The molecule has 0 radical (unpaired) electrons. The van der Waals surface area contributed by atoms with Crippen molar-refractivity contribution in [2.75, 3.05) is 28.3 Å². The summed E-state index contributed by atoms with van der Waals surface area (Å²) in [6.45, 7) is 0. The van der Waals surface area contributed by atoms with Crippen LogP contribution >= 0.6 is 0 Å². The summed E-state index contributed by atoms with van der Waals surface area (Å²) in [4.78, 5) is 31.0. The molecule has 3 amide bonds. The van der Waals surface area contributed by atoms with E-state index < -0.39 is 6.09 Å². The second kappa shape index (κ2) is 8.35. The van der Waals surface area contributed by atoms with Crippen LogP contribution in [0.3, 0.4) is 0 Å². The van der Waals surface area contributed by atoms with E-state index in [4.69, 9.17) is 4.74 Å². The van der Waals surface area contributed by atoms with Gasteiger partial charge in [-0.05, 0) is 24.7 Å². The lowest BCUT2D eigenvalue weighted by molar-refractivity contribution is 0.130. The normalized spacial score (nSPS) is 27.0. The van der Waals surface area contributed by atoms with E-state index in [0.29, 0.717) is 5.92 Å². The van der Waals surface area contributed by atoms with E-state index in [0.717, 1.165) is 12.3 Å². The summed E-state index contributed by atoms with van der Waals surface area (Å²) in [5.41, 5.74) is 0. The van der Waals surface area contributed by atoms with E-state index in [1.165, 1.54) is 57.6 Å². The maximum atomic E-state index is 12.4. The third-order valence-electron chi connectivity index (χ3n) is 5.23. The molecule has 0 bridgehead atoms. The zero-order valence-corrected chi connectivity index (χ0v) is 15.2. The molecule has 2 rings (SSSR count). The highest BCUT2D eigenvalue weighted by atomic mass is 16.5. The summed E-state index contributed by atoms with van der Waals surface area (Å²) >= 11 is 0. The van der Waals surface area contributed by atoms with Gasteiger partial charge in [-0.25, -0.2) is 9.59 Å². The van der Waals surface area contributed by atoms with Crippen LogP contribution in [0.1, 0.15) is 44.9 Å². The molecule has 3 atom stereocenters. The van der Waals surface area contributed by atoms with Crippen LogP contribution in [-0.2, 0) is 4.74 Å². The number of hydrogen-bond acceptors (Lipinski definition) is 3. The molecule has 2 aliphatic carbocycles. The number of urea groups is 1. The van der Waals surface area contributed by atoms with Crippen LogP contribution in [-0.4, -0.2) is 62.2 Å². The first-order valence-electron chi connectivity index (χ1n) is 8.82.